The Morgan fingerprint density at radius 3 is 2.41 bits per heavy atom. The second-order valence-electron chi connectivity index (χ2n) is 11.4. The Hall–Kier alpha value is -3.84. The van der Waals surface area contributed by atoms with Crippen molar-refractivity contribution < 1.29 is 41.5 Å². The Morgan fingerprint density at radius 1 is 1.12 bits per heavy atom. The van der Waals surface area contributed by atoms with Crippen LogP contribution >= 0.6 is 0 Å². The number of alkyl carbamates (subject to hydrolysis) is 1. The quantitative estimate of drug-likeness (QED) is 0.310. The Morgan fingerprint density at radius 2 is 1.80 bits per heavy atom. The number of benzene rings is 1. The van der Waals surface area contributed by atoms with E-state index < -0.39 is 41.2 Å². The molecule has 0 radical (unpaired) electrons. The molecule has 3 rings (SSSR count). The maximum absolute atomic E-state index is 13.7. The Bertz CT molecular complexity index is 1260. The van der Waals surface area contributed by atoms with Crippen molar-refractivity contribution in [2.24, 2.45) is 4.99 Å². The number of nitrogens with one attached hydrogen (secondary N) is 1. The van der Waals surface area contributed by atoms with Crippen LogP contribution in [0.3, 0.4) is 0 Å². The molecule has 1 atom stereocenters. The molecule has 226 valence electrons. The number of nitrogens with zero attached hydrogens (tertiary/aromatic N) is 4. The van der Waals surface area contributed by atoms with Crippen molar-refractivity contribution in [2.75, 3.05) is 13.2 Å². The minimum atomic E-state index is -4.66. The van der Waals surface area contributed by atoms with Crippen molar-refractivity contribution in [3.05, 3.63) is 29.7 Å². The fourth-order valence-corrected chi connectivity index (χ4v) is 3.92. The third-order valence-corrected chi connectivity index (χ3v) is 5.46. The lowest BCUT2D eigenvalue weighted by molar-refractivity contribution is -0.138. The van der Waals surface area contributed by atoms with Gasteiger partial charge in [-0.25, -0.2) is 9.59 Å². The van der Waals surface area contributed by atoms with E-state index in [1.807, 2.05) is 0 Å². The van der Waals surface area contributed by atoms with Crippen LogP contribution in [-0.2, 0) is 15.7 Å². The molecule has 11 nitrogen and oxygen atoms in total. The van der Waals surface area contributed by atoms with Crippen molar-refractivity contribution in [1.82, 2.24) is 20.4 Å². The molecule has 1 fully saturated rings. The highest BCUT2D eigenvalue weighted by Gasteiger charge is 2.37. The van der Waals surface area contributed by atoms with E-state index >= 15 is 0 Å². The van der Waals surface area contributed by atoms with E-state index in [1.165, 1.54) is 12.1 Å². The van der Waals surface area contributed by atoms with Gasteiger partial charge in [-0.15, -0.1) is 4.99 Å². The summed E-state index contributed by atoms with van der Waals surface area (Å²) in [5, 5.41) is 6.40. The van der Waals surface area contributed by atoms with E-state index in [1.54, 1.807) is 53.4 Å². The van der Waals surface area contributed by atoms with Gasteiger partial charge in [0.05, 0.1) is 12.2 Å². The highest BCUT2D eigenvalue weighted by atomic mass is 19.4. The number of alkyl halides is 3. The van der Waals surface area contributed by atoms with Gasteiger partial charge in [0.15, 0.2) is 0 Å². The van der Waals surface area contributed by atoms with E-state index in [0.29, 0.717) is 25.8 Å². The average Bonchev–Trinajstić information content (AvgIpc) is 3.49. The predicted octanol–water partition coefficient (Wildman–Crippen LogP) is 6.50. The zero-order valence-electron chi connectivity index (χ0n) is 24.2. The smallest absolute Gasteiger partial charge is 0.437 e. The third-order valence-electron chi connectivity index (χ3n) is 5.46. The van der Waals surface area contributed by atoms with Gasteiger partial charge < -0.3 is 23.6 Å². The predicted molar refractivity (Wildman–Crippen MR) is 142 cm³/mol. The van der Waals surface area contributed by atoms with Crippen molar-refractivity contribution >= 4 is 18.1 Å². The summed E-state index contributed by atoms with van der Waals surface area (Å²) in [7, 11) is 0. The minimum absolute atomic E-state index is 0.0647. The van der Waals surface area contributed by atoms with Crippen LogP contribution < -0.4 is 10.1 Å². The number of guanidine groups is 1. The molecule has 14 heteroatoms. The number of halogens is 3. The second-order valence-corrected chi connectivity index (χ2v) is 11.4. The van der Waals surface area contributed by atoms with Crippen LogP contribution in [0.1, 0.15) is 85.2 Å². The van der Waals surface area contributed by atoms with Crippen molar-refractivity contribution in [1.29, 1.82) is 0 Å². The highest BCUT2D eigenvalue weighted by molar-refractivity contribution is 5.99. The fourth-order valence-electron chi connectivity index (χ4n) is 3.92. The largest absolute Gasteiger partial charge is 0.493 e. The van der Waals surface area contributed by atoms with E-state index in [0.717, 1.165) is 6.07 Å². The van der Waals surface area contributed by atoms with Crippen LogP contribution in [0.15, 0.2) is 27.7 Å². The minimum Gasteiger partial charge on any atom is -0.493 e. The molecule has 0 unspecified atom stereocenters. The first-order valence-corrected chi connectivity index (χ1v) is 13.2. The molecule has 2 amide bonds. The first-order valence-electron chi connectivity index (χ1n) is 13.2. The topological polar surface area (TPSA) is 128 Å². The summed E-state index contributed by atoms with van der Waals surface area (Å²) in [6, 6.07) is 2.91. The van der Waals surface area contributed by atoms with Gasteiger partial charge in [-0.05, 0) is 79.0 Å². The summed E-state index contributed by atoms with van der Waals surface area (Å²) in [6.45, 7) is 12.3. The van der Waals surface area contributed by atoms with E-state index in [2.05, 4.69) is 20.4 Å². The lowest BCUT2D eigenvalue weighted by atomic mass is 10.1. The van der Waals surface area contributed by atoms with Gasteiger partial charge in [0.1, 0.15) is 23.0 Å². The number of hydrogen-bond acceptors (Lipinski definition) is 8. The Kier molecular flexibility index (Phi) is 9.54. The number of amides is 2. The number of rotatable bonds is 5. The molecule has 1 aromatic carbocycles. The van der Waals surface area contributed by atoms with E-state index in [4.69, 9.17) is 18.7 Å². The normalized spacial score (nSPS) is 16.5. The first-order chi connectivity index (χ1) is 19.0. The fraction of sp³-hybridized carbons (Fsp3) is 0.593. The Labute approximate surface area is 236 Å². The van der Waals surface area contributed by atoms with Crippen molar-refractivity contribution in [3.8, 4) is 17.1 Å². The van der Waals surface area contributed by atoms with E-state index in [-0.39, 0.29) is 35.6 Å². The van der Waals surface area contributed by atoms with Gasteiger partial charge in [0.25, 0.3) is 0 Å². The SMILES string of the molecule is CCCOc1ccc(-c2noc([C@@H]3CCCN3C(=NC(=O)OC(C)(C)C)NC(=O)OC(C)(C)C)n2)cc1C(F)(F)F. The first kappa shape index (κ1) is 31.7. The van der Waals surface area contributed by atoms with E-state index in [9.17, 15) is 22.8 Å². The van der Waals surface area contributed by atoms with Crippen LogP contribution in [0.2, 0.25) is 0 Å². The van der Waals surface area contributed by atoms with Crippen LogP contribution in [0, 0.1) is 0 Å². The molecule has 0 aliphatic carbocycles. The number of aliphatic imine (C=N–C) groups is 1. The molecule has 1 aliphatic heterocycles. The van der Waals surface area contributed by atoms with Gasteiger partial charge in [-0.1, -0.05) is 12.1 Å². The summed E-state index contributed by atoms with van der Waals surface area (Å²) < 4.78 is 62.5. The summed E-state index contributed by atoms with van der Waals surface area (Å²) in [5.41, 5.74) is -2.53. The highest BCUT2D eigenvalue weighted by Crippen LogP contribution is 2.39. The maximum Gasteiger partial charge on any atom is 0.437 e. The summed E-state index contributed by atoms with van der Waals surface area (Å²) >= 11 is 0. The molecule has 1 aliphatic rings. The number of carbonyl (C=O) groups is 2. The number of carbonyl (C=O) groups excluding carboxylic acids is 2. The van der Waals surface area contributed by atoms with Crippen LogP contribution in [-0.4, -0.2) is 57.5 Å². The molecular weight excluding hydrogens is 547 g/mol. The second kappa shape index (κ2) is 12.4. The molecule has 0 bridgehead atoms. The molecular formula is C27H36F3N5O6. The molecule has 1 N–H and O–H groups in total. The standard InChI is InChI=1S/C27H36F3N5O6/c1-8-14-38-19-12-11-16(15-17(19)27(28,29)30)20-31-21(41-34-20)18-10-9-13-35(18)22(32-23(36)39-25(2,3)4)33-24(37)40-26(5,6)7/h11-12,15,18H,8-10,13-14H2,1-7H3,(H,32,33,36,37)/t18-/m0/s1. The summed E-state index contributed by atoms with van der Waals surface area (Å²) in [6.07, 6.45) is -4.82. The molecule has 1 saturated heterocycles. The van der Waals surface area contributed by atoms with Crippen molar-refractivity contribution in [3.63, 3.8) is 0 Å². The lowest BCUT2D eigenvalue weighted by Crippen LogP contribution is -2.46. The van der Waals surface area contributed by atoms with Gasteiger partial charge in [0.2, 0.25) is 17.7 Å². The zero-order valence-corrected chi connectivity index (χ0v) is 24.2. The monoisotopic (exact) mass is 583 g/mol. The van der Waals surface area contributed by atoms with Crippen molar-refractivity contribution in [2.45, 2.75) is 91.1 Å². The number of likely N-dealkylation sites (tertiary alicyclic amines) is 1. The molecule has 2 aromatic rings. The van der Waals surface area contributed by atoms with Gasteiger partial charge >= 0.3 is 18.4 Å². The number of ether oxygens (including phenoxy) is 3. The third kappa shape index (κ3) is 9.08. The number of aromatic nitrogens is 2. The van der Waals surface area contributed by atoms with Gasteiger partial charge in [-0.2, -0.15) is 18.2 Å². The molecule has 0 saturated carbocycles. The average molecular weight is 584 g/mol. The lowest BCUT2D eigenvalue weighted by Gasteiger charge is -2.27. The maximum atomic E-state index is 13.7. The summed E-state index contributed by atoms with van der Waals surface area (Å²) in [5.74, 6) is -0.428. The molecule has 1 aromatic heterocycles. The molecule has 0 spiro atoms. The number of hydrogen-bond donors (Lipinski definition) is 1. The molecule has 41 heavy (non-hydrogen) atoms. The van der Waals surface area contributed by atoms with Crippen LogP contribution in [0.25, 0.3) is 11.4 Å². The van der Waals surface area contributed by atoms with Crippen LogP contribution in [0.4, 0.5) is 22.8 Å². The Balaban J connectivity index is 1.92. The van der Waals surface area contributed by atoms with Gasteiger partial charge in [0, 0.05) is 12.1 Å². The van der Waals surface area contributed by atoms with Crippen LogP contribution in [0.5, 0.6) is 5.75 Å². The van der Waals surface area contributed by atoms with Gasteiger partial charge in [-0.3, -0.25) is 5.32 Å². The summed E-state index contributed by atoms with van der Waals surface area (Å²) in [4.78, 5) is 35.0. The zero-order chi connectivity index (χ0) is 30.6. The molecule has 2 heterocycles.